The first-order chi connectivity index (χ1) is 42.8. The van der Waals surface area contributed by atoms with Crippen LogP contribution in [0.5, 0.6) is 0 Å². The summed E-state index contributed by atoms with van der Waals surface area (Å²) in [6.07, 6.45) is 38.8. The molecule has 0 unspecified atom stereocenters. The molecule has 0 amide bonds. The first-order valence-corrected chi connectivity index (χ1v) is 36.9. The molecule has 92 heavy (non-hydrogen) atoms. The Hall–Kier alpha value is -3.32. The van der Waals surface area contributed by atoms with Crippen molar-refractivity contribution in [3.05, 3.63) is 46.6 Å². The fourth-order valence-electron chi connectivity index (χ4n) is 21.6. The predicted octanol–water partition coefficient (Wildman–Crippen LogP) is 19.4. The summed E-state index contributed by atoms with van der Waals surface area (Å²) in [6, 6.07) is 0. The van der Waals surface area contributed by atoms with Gasteiger partial charge in [0.2, 0.25) is 25.2 Å². The number of carbonyl (C=O) groups excluding carboxylic acids is 4. The summed E-state index contributed by atoms with van der Waals surface area (Å²) in [6.45, 7) is 43.5. The molecular weight excluding hydrogens is 1150 g/mol. The van der Waals surface area contributed by atoms with E-state index >= 15 is 0 Å². The number of esters is 4. The van der Waals surface area contributed by atoms with E-state index in [1.165, 1.54) is 130 Å². The highest BCUT2D eigenvalue weighted by Crippen LogP contribution is 2.59. The SMILES string of the molecule is CC(=O)O[C@@H]1O[C@H](C)[C@H]2C=C([C@@]3(C)CCCC(C)(C)C3)CC[C@@H]12.CC(=O)O[C@@H]1O[C@H](C)[C@H]2C=C([C@]3(C)CCCC(C)(C)C3)CC[C@@H]12.CC(=O)O[C@@H]1O[C@H](C)[C@H]2CC([C@@]3(C)CCCC(C)(C)C3)=CC[C@@H]12.CC(=O)O[C@@H]1O[C@H](C)[C@H]2CC([C@]3(C)CCCC(C)(C)C3)=CC[C@@H]12. The average molecular weight is 1280 g/mol. The molecule has 12 heteroatoms. The van der Waals surface area contributed by atoms with Gasteiger partial charge in [-0.1, -0.05) is 155 Å². The number of rotatable bonds is 8. The maximum atomic E-state index is 11.3. The van der Waals surface area contributed by atoms with E-state index in [4.69, 9.17) is 37.9 Å². The van der Waals surface area contributed by atoms with E-state index in [0.29, 0.717) is 90.7 Å². The van der Waals surface area contributed by atoms with Crippen LogP contribution in [0.25, 0.3) is 0 Å². The standard InChI is InChI=1S/4C20H32O3/c4*1-13-17-11-15(20(5)10-6-9-19(3,4)12-20)7-8-16(17)18(22-13)23-14(2)21/h2*11,13,16-18H,6-10,12H2,1-5H3;2*7,13,16-18H,6,8-12H2,1-5H3/t13-,16-,17-,18+,20+;13-,16-,17-,18+,20-;13-,16-,17-,18+,20+;13-,16-,17-,18+,20-/m1111/s1. The van der Waals surface area contributed by atoms with Crippen molar-refractivity contribution in [2.24, 2.45) is 90.7 Å². The van der Waals surface area contributed by atoms with Gasteiger partial charge in [0.05, 0.1) is 24.4 Å². The maximum absolute atomic E-state index is 11.3. The molecule has 12 rings (SSSR count). The van der Waals surface area contributed by atoms with Crippen LogP contribution in [0.15, 0.2) is 46.6 Å². The second-order valence-corrected chi connectivity index (χ2v) is 36.2. The van der Waals surface area contributed by atoms with Crippen molar-refractivity contribution >= 4 is 23.9 Å². The Balaban J connectivity index is 0.000000145. The molecule has 4 saturated heterocycles. The molecule has 4 saturated carbocycles. The molecule has 0 radical (unpaired) electrons. The number of hydrogen-bond acceptors (Lipinski definition) is 12. The molecular formula is C80H128O12. The highest BCUT2D eigenvalue weighted by Gasteiger charge is 2.53. The summed E-state index contributed by atoms with van der Waals surface area (Å²) >= 11 is 0. The van der Waals surface area contributed by atoms with Crippen molar-refractivity contribution in [2.45, 2.75) is 342 Å². The molecule has 0 N–H and O–H groups in total. The van der Waals surface area contributed by atoms with E-state index in [1.54, 1.807) is 22.3 Å². The molecule has 8 fully saturated rings. The number of ether oxygens (including phenoxy) is 8. The molecule has 0 aromatic rings. The molecule has 0 spiro atoms. The zero-order chi connectivity index (χ0) is 67.3. The smallest absolute Gasteiger partial charge is 0.304 e. The topological polar surface area (TPSA) is 142 Å². The van der Waals surface area contributed by atoms with Crippen LogP contribution in [0.4, 0.5) is 0 Å². The monoisotopic (exact) mass is 1280 g/mol. The van der Waals surface area contributed by atoms with Gasteiger partial charge in [-0.3, -0.25) is 19.2 Å². The summed E-state index contributed by atoms with van der Waals surface area (Å²) in [5.41, 5.74) is 9.67. The number of hydrogen-bond donors (Lipinski definition) is 0. The molecule has 0 aromatic heterocycles. The van der Waals surface area contributed by atoms with Crippen molar-refractivity contribution in [3.63, 3.8) is 0 Å². The third-order valence-electron chi connectivity index (χ3n) is 25.7. The van der Waals surface area contributed by atoms with E-state index in [9.17, 15) is 19.2 Å². The Labute approximate surface area is 557 Å². The van der Waals surface area contributed by atoms with E-state index in [0.717, 1.165) is 51.4 Å². The average Bonchev–Trinajstić information content (AvgIpc) is 1.35. The number of carbonyl (C=O) groups is 4. The first kappa shape index (κ1) is 72.9. The summed E-state index contributed by atoms with van der Waals surface area (Å²) in [4.78, 5) is 45.2. The predicted molar refractivity (Wildman–Crippen MR) is 363 cm³/mol. The van der Waals surface area contributed by atoms with Crippen molar-refractivity contribution in [3.8, 4) is 0 Å². The molecule has 12 aliphatic rings. The third-order valence-corrected chi connectivity index (χ3v) is 25.7. The van der Waals surface area contributed by atoms with Crippen LogP contribution in [0, 0.1) is 90.7 Å². The highest BCUT2D eigenvalue weighted by molar-refractivity contribution is 5.67. The van der Waals surface area contributed by atoms with Gasteiger partial charge in [0.25, 0.3) is 0 Å². The molecule has 0 aromatic carbocycles. The minimum absolute atomic E-state index is 0.139. The minimum Gasteiger partial charge on any atom is -0.436 e. The van der Waals surface area contributed by atoms with Crippen LogP contribution in [0.1, 0.15) is 293 Å². The van der Waals surface area contributed by atoms with Crippen molar-refractivity contribution in [2.75, 3.05) is 0 Å². The van der Waals surface area contributed by atoms with Crippen molar-refractivity contribution < 1.29 is 57.1 Å². The molecule has 20 atom stereocenters. The Kier molecular flexibility index (Phi) is 22.4. The van der Waals surface area contributed by atoms with Gasteiger partial charge in [-0.05, 0) is 211 Å². The van der Waals surface area contributed by atoms with E-state index in [2.05, 4.69) is 135 Å². The second-order valence-electron chi connectivity index (χ2n) is 36.2. The van der Waals surface area contributed by atoms with Gasteiger partial charge in [-0.15, -0.1) is 0 Å². The Morgan fingerprint density at radius 2 is 0.620 bits per heavy atom. The fourth-order valence-corrected chi connectivity index (χ4v) is 21.6. The van der Waals surface area contributed by atoms with Crippen molar-refractivity contribution in [1.82, 2.24) is 0 Å². The lowest BCUT2D eigenvalue weighted by Gasteiger charge is -2.46. The summed E-state index contributed by atoms with van der Waals surface area (Å²) in [5, 5.41) is 0. The zero-order valence-corrected chi connectivity index (χ0v) is 61.4. The van der Waals surface area contributed by atoms with Crippen LogP contribution >= 0.6 is 0 Å². The number of fused-ring (bicyclic) bond motifs is 4. The highest BCUT2D eigenvalue weighted by atomic mass is 16.7. The van der Waals surface area contributed by atoms with Gasteiger partial charge in [-0.2, -0.15) is 0 Å². The van der Waals surface area contributed by atoms with Crippen LogP contribution < -0.4 is 0 Å². The summed E-state index contributed by atoms with van der Waals surface area (Å²) in [5.74, 6) is 2.14. The summed E-state index contributed by atoms with van der Waals surface area (Å²) < 4.78 is 45.4. The van der Waals surface area contributed by atoms with Gasteiger partial charge >= 0.3 is 23.9 Å². The van der Waals surface area contributed by atoms with Gasteiger partial charge in [0, 0.05) is 63.2 Å². The first-order valence-electron chi connectivity index (χ1n) is 36.9. The fraction of sp³-hybridized carbons (Fsp3) is 0.850. The van der Waals surface area contributed by atoms with Crippen LogP contribution in [-0.2, 0) is 57.1 Å². The van der Waals surface area contributed by atoms with E-state index in [-0.39, 0.29) is 73.5 Å². The molecule has 4 heterocycles. The third kappa shape index (κ3) is 17.1. The van der Waals surface area contributed by atoms with Gasteiger partial charge in [0.15, 0.2) is 0 Å². The molecule has 4 aliphatic heterocycles. The van der Waals surface area contributed by atoms with Crippen molar-refractivity contribution in [1.29, 1.82) is 0 Å². The van der Waals surface area contributed by atoms with Crippen LogP contribution in [0.3, 0.4) is 0 Å². The maximum Gasteiger partial charge on any atom is 0.304 e. The lowest BCUT2D eigenvalue weighted by Crippen LogP contribution is -2.36. The molecule has 8 aliphatic carbocycles. The van der Waals surface area contributed by atoms with Crippen LogP contribution in [0.2, 0.25) is 0 Å². The molecule has 0 bridgehead atoms. The van der Waals surface area contributed by atoms with E-state index in [1.807, 2.05) is 0 Å². The van der Waals surface area contributed by atoms with Crippen LogP contribution in [-0.4, -0.2) is 73.5 Å². The van der Waals surface area contributed by atoms with E-state index < -0.39 is 0 Å². The van der Waals surface area contributed by atoms with Gasteiger partial charge in [-0.25, -0.2) is 0 Å². The van der Waals surface area contributed by atoms with Gasteiger partial charge in [0.1, 0.15) is 0 Å². The van der Waals surface area contributed by atoms with Gasteiger partial charge < -0.3 is 37.9 Å². The number of allylic oxidation sites excluding steroid dienone is 6. The quantitative estimate of drug-likeness (QED) is 0.130. The molecule has 520 valence electrons. The summed E-state index contributed by atoms with van der Waals surface area (Å²) in [7, 11) is 0. The lowest BCUT2D eigenvalue weighted by atomic mass is 9.58. The Morgan fingerprint density at radius 3 is 0.891 bits per heavy atom. The normalized spacial score (nSPS) is 42.7. The molecule has 12 nitrogen and oxygen atoms in total. The Bertz CT molecular complexity index is 2550. The second kappa shape index (κ2) is 28.3. The minimum atomic E-state index is -0.346. The zero-order valence-electron chi connectivity index (χ0n) is 61.4. The Morgan fingerprint density at radius 1 is 0.359 bits per heavy atom. The largest absolute Gasteiger partial charge is 0.436 e. The lowest BCUT2D eigenvalue weighted by molar-refractivity contribution is -0.179.